The first-order valence-electron chi connectivity index (χ1n) is 21.4. The second-order valence-corrected chi connectivity index (χ2v) is 17.1. The minimum Gasteiger partial charge on any atom is -0.436 e. The van der Waals surface area contributed by atoms with Crippen molar-refractivity contribution in [2.75, 3.05) is 0 Å². The van der Waals surface area contributed by atoms with Gasteiger partial charge in [0.25, 0.3) is 0 Å². The van der Waals surface area contributed by atoms with Gasteiger partial charge in [-0.3, -0.25) is 0 Å². The van der Waals surface area contributed by atoms with Gasteiger partial charge in [0.2, 0.25) is 5.89 Å². The summed E-state index contributed by atoms with van der Waals surface area (Å²) in [5.74, 6) is 0.628. The van der Waals surface area contributed by atoms with E-state index in [1.165, 1.54) is 88.3 Å². The van der Waals surface area contributed by atoms with Crippen molar-refractivity contribution in [3.05, 3.63) is 223 Å². The maximum atomic E-state index is 6.15. The van der Waals surface area contributed by atoms with Crippen LogP contribution >= 0.6 is 0 Å². The summed E-state index contributed by atoms with van der Waals surface area (Å²) in [6, 6.07) is 77.3. The third-order valence-corrected chi connectivity index (χ3v) is 13.1. The van der Waals surface area contributed by atoms with E-state index in [-0.39, 0.29) is 5.41 Å². The standard InChI is InChI=1S/C60H41NO/c1-60(2)53-24-10-9-23-47(53)49-36-51-52(37-54(49)60)58(46-22-14-20-43(34-46)39-17-7-4-8-18-39)50-35-44(40-27-29-41(30-28-40)59-61-55-25-11-12-26-56(55)62-59)31-32-48(50)57(51)45-21-13-19-42(33-45)38-15-5-3-6-16-38/h3-37H,1-2H3. The first-order chi connectivity index (χ1) is 30.5. The number of benzene rings is 10. The largest absolute Gasteiger partial charge is 0.436 e. The predicted molar refractivity (Wildman–Crippen MR) is 259 cm³/mol. The van der Waals surface area contributed by atoms with Crippen LogP contribution in [0.5, 0.6) is 0 Å². The molecule has 0 unspecified atom stereocenters. The van der Waals surface area contributed by atoms with Crippen LogP contribution in [0.4, 0.5) is 0 Å². The lowest BCUT2D eigenvalue weighted by Gasteiger charge is -2.24. The van der Waals surface area contributed by atoms with E-state index < -0.39 is 0 Å². The molecule has 11 aromatic rings. The average molecular weight is 792 g/mol. The van der Waals surface area contributed by atoms with Crippen LogP contribution in [-0.4, -0.2) is 4.98 Å². The molecule has 1 aliphatic carbocycles. The van der Waals surface area contributed by atoms with Gasteiger partial charge in [0.05, 0.1) is 0 Å². The van der Waals surface area contributed by atoms with Crippen LogP contribution in [-0.2, 0) is 5.41 Å². The zero-order valence-electron chi connectivity index (χ0n) is 34.6. The van der Waals surface area contributed by atoms with E-state index in [1.807, 2.05) is 24.3 Å². The Morgan fingerprint density at radius 2 is 0.839 bits per heavy atom. The molecule has 0 atom stereocenters. The molecule has 12 rings (SSSR count). The number of nitrogens with zero attached hydrogens (tertiary/aromatic N) is 1. The van der Waals surface area contributed by atoms with Crippen LogP contribution in [0.15, 0.2) is 217 Å². The Kier molecular flexibility index (Phi) is 8.23. The van der Waals surface area contributed by atoms with Gasteiger partial charge >= 0.3 is 0 Å². The lowest BCUT2D eigenvalue weighted by Crippen LogP contribution is -2.14. The number of para-hydroxylation sites is 2. The molecule has 0 spiro atoms. The molecule has 0 amide bonds. The molecule has 10 aromatic carbocycles. The van der Waals surface area contributed by atoms with E-state index in [9.17, 15) is 0 Å². The average Bonchev–Trinajstić information content (AvgIpc) is 3.87. The number of hydrogen-bond acceptors (Lipinski definition) is 2. The molecule has 0 aliphatic heterocycles. The Balaban J connectivity index is 1.15. The van der Waals surface area contributed by atoms with Crippen molar-refractivity contribution in [3.63, 3.8) is 0 Å². The normalized spacial score (nSPS) is 12.8. The van der Waals surface area contributed by atoms with Crippen molar-refractivity contribution in [2.24, 2.45) is 0 Å². The van der Waals surface area contributed by atoms with Gasteiger partial charge in [0.15, 0.2) is 5.58 Å². The third kappa shape index (κ3) is 5.83. The van der Waals surface area contributed by atoms with Crippen LogP contribution < -0.4 is 0 Å². The fourth-order valence-electron chi connectivity index (χ4n) is 9.99. The second kappa shape index (κ2) is 14.1. The van der Waals surface area contributed by atoms with Gasteiger partial charge in [-0.15, -0.1) is 0 Å². The molecule has 1 heterocycles. The first kappa shape index (κ1) is 36.1. The highest BCUT2D eigenvalue weighted by Crippen LogP contribution is 2.54. The summed E-state index contributed by atoms with van der Waals surface area (Å²) >= 11 is 0. The second-order valence-electron chi connectivity index (χ2n) is 17.1. The Labute approximate surface area is 361 Å². The number of oxazole rings is 1. The van der Waals surface area contributed by atoms with Crippen LogP contribution in [0.2, 0.25) is 0 Å². The summed E-state index contributed by atoms with van der Waals surface area (Å²) in [5.41, 5.74) is 19.8. The van der Waals surface area contributed by atoms with E-state index >= 15 is 0 Å². The van der Waals surface area contributed by atoms with Crippen LogP contribution in [0, 0.1) is 0 Å². The SMILES string of the molecule is CC1(C)c2ccccc2-c2cc3c(-c4cccc(-c5ccccc5)c4)c4ccc(-c5ccc(-c6nc7ccccc7o6)cc5)cc4c(-c4cccc(-c5ccccc5)c4)c3cc21. The van der Waals surface area contributed by atoms with Gasteiger partial charge < -0.3 is 4.42 Å². The quantitative estimate of drug-likeness (QED) is 0.157. The van der Waals surface area contributed by atoms with Crippen molar-refractivity contribution >= 4 is 32.6 Å². The summed E-state index contributed by atoms with van der Waals surface area (Å²) in [7, 11) is 0. The molecule has 0 radical (unpaired) electrons. The summed E-state index contributed by atoms with van der Waals surface area (Å²) in [4.78, 5) is 4.77. The fourth-order valence-corrected chi connectivity index (χ4v) is 9.99. The summed E-state index contributed by atoms with van der Waals surface area (Å²) in [5, 5.41) is 4.95. The summed E-state index contributed by atoms with van der Waals surface area (Å²) in [6.07, 6.45) is 0. The minimum absolute atomic E-state index is 0.163. The van der Waals surface area contributed by atoms with Crippen molar-refractivity contribution < 1.29 is 4.42 Å². The van der Waals surface area contributed by atoms with Gasteiger partial charge in [-0.2, -0.15) is 0 Å². The monoisotopic (exact) mass is 791 g/mol. The number of hydrogen-bond donors (Lipinski definition) is 0. The Morgan fingerprint density at radius 3 is 1.53 bits per heavy atom. The van der Waals surface area contributed by atoms with Gasteiger partial charge in [-0.05, 0) is 154 Å². The van der Waals surface area contributed by atoms with Crippen molar-refractivity contribution in [1.82, 2.24) is 4.98 Å². The zero-order chi connectivity index (χ0) is 41.4. The highest BCUT2D eigenvalue weighted by molar-refractivity contribution is 6.23. The fraction of sp³-hybridized carbons (Fsp3) is 0.0500. The molecule has 0 bridgehead atoms. The molecule has 62 heavy (non-hydrogen) atoms. The maximum Gasteiger partial charge on any atom is 0.227 e. The lowest BCUT2D eigenvalue weighted by molar-refractivity contribution is 0.620. The van der Waals surface area contributed by atoms with E-state index in [2.05, 4.69) is 202 Å². The van der Waals surface area contributed by atoms with E-state index in [0.29, 0.717) is 5.89 Å². The Morgan fingerprint density at radius 1 is 0.339 bits per heavy atom. The summed E-state index contributed by atoms with van der Waals surface area (Å²) < 4.78 is 6.15. The highest BCUT2D eigenvalue weighted by atomic mass is 16.3. The maximum absolute atomic E-state index is 6.15. The molecule has 292 valence electrons. The van der Waals surface area contributed by atoms with Gasteiger partial charge in [0.1, 0.15) is 5.52 Å². The molecule has 0 saturated carbocycles. The number of fused-ring (bicyclic) bond motifs is 6. The molecule has 0 N–H and O–H groups in total. The van der Waals surface area contributed by atoms with Crippen LogP contribution in [0.1, 0.15) is 25.0 Å². The molecular formula is C60H41NO. The Bertz CT molecular complexity index is 3490. The summed E-state index contributed by atoms with van der Waals surface area (Å²) in [6.45, 7) is 4.76. The molecule has 0 fully saturated rings. The molecule has 0 saturated heterocycles. The van der Waals surface area contributed by atoms with Crippen LogP contribution in [0.25, 0.3) is 111 Å². The van der Waals surface area contributed by atoms with E-state index in [4.69, 9.17) is 9.40 Å². The Hall–Kier alpha value is -7.81. The molecular weight excluding hydrogens is 751 g/mol. The zero-order valence-corrected chi connectivity index (χ0v) is 34.6. The smallest absolute Gasteiger partial charge is 0.227 e. The molecule has 1 aromatic heterocycles. The molecule has 2 nitrogen and oxygen atoms in total. The number of rotatable bonds is 6. The third-order valence-electron chi connectivity index (χ3n) is 13.1. The van der Waals surface area contributed by atoms with Crippen molar-refractivity contribution in [3.8, 4) is 78.2 Å². The first-order valence-corrected chi connectivity index (χ1v) is 21.4. The van der Waals surface area contributed by atoms with Gasteiger partial charge in [0, 0.05) is 11.0 Å². The van der Waals surface area contributed by atoms with Gasteiger partial charge in [-0.25, -0.2) is 4.98 Å². The highest BCUT2D eigenvalue weighted by Gasteiger charge is 2.36. The lowest BCUT2D eigenvalue weighted by atomic mass is 9.79. The number of aromatic nitrogens is 1. The predicted octanol–water partition coefficient (Wildman–Crippen LogP) is 16.4. The van der Waals surface area contributed by atoms with Crippen LogP contribution in [0.3, 0.4) is 0 Å². The molecule has 2 heteroatoms. The minimum atomic E-state index is -0.163. The van der Waals surface area contributed by atoms with Crippen molar-refractivity contribution in [1.29, 1.82) is 0 Å². The molecule has 1 aliphatic rings. The van der Waals surface area contributed by atoms with Gasteiger partial charge in [-0.1, -0.05) is 172 Å². The van der Waals surface area contributed by atoms with Crippen molar-refractivity contribution in [2.45, 2.75) is 19.3 Å². The van der Waals surface area contributed by atoms with E-state index in [0.717, 1.165) is 27.8 Å². The van der Waals surface area contributed by atoms with E-state index in [1.54, 1.807) is 0 Å². The topological polar surface area (TPSA) is 26.0 Å².